The van der Waals surface area contributed by atoms with Crippen LogP contribution in [0.15, 0.2) is 43.4 Å². The topological polar surface area (TPSA) is 65.1 Å². The summed E-state index contributed by atoms with van der Waals surface area (Å²) in [6, 6.07) is 6.84. The van der Waals surface area contributed by atoms with Gasteiger partial charge in [0.2, 0.25) is 11.1 Å². The van der Waals surface area contributed by atoms with Crippen LogP contribution in [0.1, 0.15) is 0 Å². The fourth-order valence-electron chi connectivity index (χ4n) is 2.00. The van der Waals surface area contributed by atoms with Gasteiger partial charge >= 0.3 is 0 Å². The maximum Gasteiger partial charge on any atom is 0.269 e. The van der Waals surface area contributed by atoms with Gasteiger partial charge in [-0.15, -0.1) is 0 Å². The van der Waals surface area contributed by atoms with Crippen molar-refractivity contribution >= 4 is 33.8 Å². The molecule has 2 heterocycles. The highest BCUT2D eigenvalue weighted by Crippen LogP contribution is 2.17. The summed E-state index contributed by atoms with van der Waals surface area (Å²) in [5, 5.41) is 0.903. The summed E-state index contributed by atoms with van der Waals surface area (Å²) in [4.78, 5) is 28.8. The average Bonchev–Trinajstić information content (AvgIpc) is 2.42. The highest BCUT2D eigenvalue weighted by Gasteiger charge is 2.15. The molecule has 0 unspecified atom stereocenters. The molecular formula is C13H10N2O3S. The number of nitrogens with zero attached hydrogens (tertiary/aromatic N) is 2. The Labute approximate surface area is 111 Å². The third-order valence-corrected chi connectivity index (χ3v) is 3.69. The second-order valence-corrected chi connectivity index (χ2v) is 4.84. The number of hydrogen-bond acceptors (Lipinski definition) is 5. The van der Waals surface area contributed by atoms with Gasteiger partial charge in [0, 0.05) is 7.05 Å². The molecule has 0 amide bonds. The molecule has 0 aliphatic carbocycles. The minimum atomic E-state index is -0.381. The predicted octanol–water partition coefficient (Wildman–Crippen LogP) is 1.76. The molecule has 0 spiro atoms. The first-order chi connectivity index (χ1) is 9.13. The quantitative estimate of drug-likeness (QED) is 0.384. The maximum absolute atomic E-state index is 12.3. The van der Waals surface area contributed by atoms with E-state index in [1.54, 1.807) is 31.3 Å². The zero-order valence-electron chi connectivity index (χ0n) is 10.3. The highest BCUT2D eigenvalue weighted by atomic mass is 32.2. The van der Waals surface area contributed by atoms with Crippen molar-refractivity contribution in [2.75, 3.05) is 6.26 Å². The number of hydrogen-bond donors (Lipinski definition) is 0. The molecule has 96 valence electrons. The van der Waals surface area contributed by atoms with Crippen LogP contribution in [0.5, 0.6) is 0 Å². The van der Waals surface area contributed by atoms with E-state index in [0.29, 0.717) is 16.1 Å². The number of benzene rings is 1. The monoisotopic (exact) mass is 274 g/mol. The third-order valence-electron chi connectivity index (χ3n) is 2.96. The Kier molecular flexibility index (Phi) is 2.67. The second kappa shape index (κ2) is 4.24. The molecule has 3 rings (SSSR count). The highest BCUT2D eigenvalue weighted by molar-refractivity contribution is 7.98. The van der Waals surface area contributed by atoms with Crippen molar-refractivity contribution in [2.24, 2.45) is 7.05 Å². The number of para-hydroxylation sites is 1. The Bertz CT molecular complexity index is 911. The van der Waals surface area contributed by atoms with Crippen LogP contribution in [0.25, 0.3) is 22.1 Å². The van der Waals surface area contributed by atoms with Gasteiger partial charge in [-0.2, -0.15) is 4.98 Å². The van der Waals surface area contributed by atoms with E-state index in [0.717, 1.165) is 0 Å². The van der Waals surface area contributed by atoms with E-state index in [9.17, 15) is 9.59 Å². The predicted molar refractivity (Wildman–Crippen MR) is 74.8 cm³/mol. The van der Waals surface area contributed by atoms with Gasteiger partial charge in [-0.05, 0) is 18.4 Å². The molecule has 6 heteroatoms. The molecule has 0 fully saturated rings. The van der Waals surface area contributed by atoms with Crippen LogP contribution in [-0.4, -0.2) is 15.8 Å². The Hall–Kier alpha value is -2.08. The molecule has 0 saturated heterocycles. The fraction of sp³-hybridized carbons (Fsp3) is 0.154. The van der Waals surface area contributed by atoms with Crippen molar-refractivity contribution in [3.8, 4) is 0 Å². The lowest BCUT2D eigenvalue weighted by atomic mass is 10.2. The molecule has 3 aromatic rings. The first-order valence-corrected chi connectivity index (χ1v) is 6.82. The van der Waals surface area contributed by atoms with Crippen molar-refractivity contribution in [2.45, 2.75) is 5.16 Å². The number of thioether (sulfide) groups is 1. The van der Waals surface area contributed by atoms with Crippen LogP contribution < -0.4 is 11.0 Å². The van der Waals surface area contributed by atoms with Gasteiger partial charge in [0.25, 0.3) is 5.56 Å². The van der Waals surface area contributed by atoms with Crippen LogP contribution in [-0.2, 0) is 7.05 Å². The normalized spacial score (nSPS) is 11.3. The van der Waals surface area contributed by atoms with E-state index >= 15 is 0 Å². The average molecular weight is 274 g/mol. The molecule has 0 N–H and O–H groups in total. The van der Waals surface area contributed by atoms with Crippen molar-refractivity contribution in [3.05, 3.63) is 44.8 Å². The molecule has 0 radical (unpaired) electrons. The summed E-state index contributed by atoms with van der Waals surface area (Å²) < 4.78 is 6.93. The molecule has 19 heavy (non-hydrogen) atoms. The minimum absolute atomic E-state index is 0.000926. The minimum Gasteiger partial charge on any atom is -0.437 e. The van der Waals surface area contributed by atoms with Crippen LogP contribution in [0.3, 0.4) is 0 Å². The van der Waals surface area contributed by atoms with Crippen LogP contribution >= 0.6 is 11.8 Å². The summed E-state index contributed by atoms with van der Waals surface area (Å²) in [5.74, 6) is 0. The van der Waals surface area contributed by atoms with Crippen LogP contribution in [0.4, 0.5) is 0 Å². The zero-order chi connectivity index (χ0) is 13.6. The summed E-state index contributed by atoms with van der Waals surface area (Å²) >= 11 is 1.33. The van der Waals surface area contributed by atoms with Gasteiger partial charge in [-0.1, -0.05) is 23.9 Å². The number of rotatable bonds is 1. The second-order valence-electron chi connectivity index (χ2n) is 4.07. The molecule has 0 atom stereocenters. The van der Waals surface area contributed by atoms with Gasteiger partial charge in [0.05, 0.1) is 5.39 Å². The van der Waals surface area contributed by atoms with Crippen LogP contribution in [0.2, 0.25) is 0 Å². The van der Waals surface area contributed by atoms with E-state index in [2.05, 4.69) is 4.98 Å². The Morgan fingerprint density at radius 1 is 1.26 bits per heavy atom. The third kappa shape index (κ3) is 1.67. The van der Waals surface area contributed by atoms with Crippen molar-refractivity contribution in [1.29, 1.82) is 0 Å². The lowest BCUT2D eigenvalue weighted by Crippen LogP contribution is -2.25. The van der Waals surface area contributed by atoms with Crippen molar-refractivity contribution < 1.29 is 4.42 Å². The number of aromatic nitrogens is 2. The fourth-order valence-corrected chi connectivity index (χ4v) is 2.53. The van der Waals surface area contributed by atoms with Crippen molar-refractivity contribution in [1.82, 2.24) is 9.55 Å². The van der Waals surface area contributed by atoms with E-state index in [4.69, 9.17) is 4.42 Å². The van der Waals surface area contributed by atoms with Gasteiger partial charge in [-0.25, -0.2) is 0 Å². The summed E-state index contributed by atoms with van der Waals surface area (Å²) in [5.41, 5.74) is -0.185. The van der Waals surface area contributed by atoms with Gasteiger partial charge in [0.1, 0.15) is 5.58 Å². The molecular weight excluding hydrogens is 264 g/mol. The van der Waals surface area contributed by atoms with Gasteiger partial charge < -0.3 is 4.42 Å². The molecule has 2 aromatic heterocycles. The SMILES string of the molecule is CSc1nc2oc3ccccc3c(=O)c2c(=O)n1C. The largest absolute Gasteiger partial charge is 0.437 e. The Morgan fingerprint density at radius 3 is 2.74 bits per heavy atom. The molecule has 5 nitrogen and oxygen atoms in total. The lowest BCUT2D eigenvalue weighted by Gasteiger charge is -2.06. The molecule has 0 bridgehead atoms. The van der Waals surface area contributed by atoms with Gasteiger partial charge in [0.15, 0.2) is 10.5 Å². The lowest BCUT2D eigenvalue weighted by molar-refractivity contribution is 0.617. The van der Waals surface area contributed by atoms with E-state index < -0.39 is 0 Å². The summed E-state index contributed by atoms with van der Waals surface area (Å²) in [7, 11) is 1.59. The Balaban J connectivity index is 2.63. The van der Waals surface area contributed by atoms with E-state index in [1.807, 2.05) is 6.26 Å². The molecule has 0 aliphatic rings. The standard InChI is InChI=1S/C13H10N2O3S/c1-15-12(17)9-10(16)7-5-3-4-6-8(7)18-11(9)14-13(15)19-2/h3-6H,1-2H3. The summed E-state index contributed by atoms with van der Waals surface area (Å²) in [6.07, 6.45) is 1.81. The zero-order valence-corrected chi connectivity index (χ0v) is 11.2. The first-order valence-electron chi connectivity index (χ1n) is 5.60. The van der Waals surface area contributed by atoms with Crippen LogP contribution in [0, 0.1) is 0 Å². The summed E-state index contributed by atoms with van der Waals surface area (Å²) in [6.45, 7) is 0. The van der Waals surface area contributed by atoms with E-state index in [1.165, 1.54) is 16.3 Å². The van der Waals surface area contributed by atoms with Crippen molar-refractivity contribution in [3.63, 3.8) is 0 Å². The number of fused-ring (bicyclic) bond motifs is 2. The Morgan fingerprint density at radius 2 is 2.00 bits per heavy atom. The smallest absolute Gasteiger partial charge is 0.269 e. The molecule has 1 aromatic carbocycles. The first kappa shape index (κ1) is 12.0. The molecule has 0 aliphatic heterocycles. The molecule has 0 saturated carbocycles. The van der Waals surface area contributed by atoms with Gasteiger partial charge in [-0.3, -0.25) is 14.2 Å². The van der Waals surface area contributed by atoms with E-state index in [-0.39, 0.29) is 22.1 Å². The maximum atomic E-state index is 12.3.